The largest absolute Gasteiger partial charge is 0.494 e. The van der Waals surface area contributed by atoms with E-state index in [1.54, 1.807) is 17.5 Å². The number of benzene rings is 1. The quantitative estimate of drug-likeness (QED) is 0.239. The maximum atomic E-state index is 11.9. The average molecular weight is 453 g/mol. The monoisotopic (exact) mass is 452 g/mol. The summed E-state index contributed by atoms with van der Waals surface area (Å²) in [5, 5.41) is 0.983. The van der Waals surface area contributed by atoms with Crippen molar-refractivity contribution >= 4 is 17.3 Å². The summed E-state index contributed by atoms with van der Waals surface area (Å²) in [7, 11) is 0. The molecule has 0 atom stereocenters. The number of hydrogen-bond acceptors (Lipinski definition) is 6. The van der Waals surface area contributed by atoms with E-state index in [9.17, 15) is 4.79 Å². The first-order valence-electron chi connectivity index (χ1n) is 11.2. The molecule has 170 valence electrons. The second kappa shape index (κ2) is 11.2. The topological polar surface area (TPSA) is 61.3 Å². The van der Waals surface area contributed by atoms with Crippen molar-refractivity contribution in [2.24, 2.45) is 5.41 Å². The zero-order valence-corrected chi connectivity index (χ0v) is 20.2. The van der Waals surface area contributed by atoms with E-state index >= 15 is 0 Å². The van der Waals surface area contributed by atoms with Gasteiger partial charge >= 0.3 is 5.97 Å². The van der Waals surface area contributed by atoms with Crippen molar-refractivity contribution in [2.45, 2.75) is 53.4 Å². The number of ether oxygens (including phenoxy) is 2. The molecular formula is C26H32N2O3S. The van der Waals surface area contributed by atoms with Crippen molar-refractivity contribution in [1.82, 2.24) is 9.97 Å². The van der Waals surface area contributed by atoms with Gasteiger partial charge in [0.05, 0.1) is 24.3 Å². The number of nitrogens with zero attached hydrogens (tertiary/aromatic N) is 2. The number of carbonyl (C=O) groups excluding carboxylic acids is 1. The highest BCUT2D eigenvalue weighted by Crippen LogP contribution is 2.33. The summed E-state index contributed by atoms with van der Waals surface area (Å²) < 4.78 is 11.0. The van der Waals surface area contributed by atoms with Crippen LogP contribution >= 0.6 is 11.3 Å². The molecule has 0 saturated heterocycles. The zero-order valence-electron chi connectivity index (χ0n) is 19.4. The SMILES string of the molecule is CCOC(=O)C(C)(C)CCCCCOc1ccc(-c2nc(-c3cccnc3)sc2C)cc1. The lowest BCUT2D eigenvalue weighted by atomic mass is 9.87. The van der Waals surface area contributed by atoms with E-state index in [0.717, 1.165) is 53.3 Å². The third kappa shape index (κ3) is 6.39. The minimum absolute atomic E-state index is 0.112. The fraction of sp³-hybridized carbons (Fsp3) is 0.423. The highest BCUT2D eigenvalue weighted by molar-refractivity contribution is 7.15. The van der Waals surface area contributed by atoms with E-state index in [0.29, 0.717) is 13.2 Å². The van der Waals surface area contributed by atoms with Crippen LogP contribution in [0.1, 0.15) is 51.3 Å². The van der Waals surface area contributed by atoms with Crippen molar-refractivity contribution in [3.8, 4) is 27.6 Å². The summed E-state index contributed by atoms with van der Waals surface area (Å²) in [6, 6.07) is 12.1. The number of esters is 1. The lowest BCUT2D eigenvalue weighted by Crippen LogP contribution is -2.26. The summed E-state index contributed by atoms with van der Waals surface area (Å²) in [4.78, 5) is 22.1. The van der Waals surface area contributed by atoms with E-state index < -0.39 is 5.41 Å². The van der Waals surface area contributed by atoms with Gasteiger partial charge in [-0.05, 0) is 76.9 Å². The Hall–Kier alpha value is -2.73. The highest BCUT2D eigenvalue weighted by atomic mass is 32.1. The number of unbranched alkanes of at least 4 members (excludes halogenated alkanes) is 2. The Balaban J connectivity index is 1.46. The number of aromatic nitrogens is 2. The second-order valence-electron chi connectivity index (χ2n) is 8.45. The van der Waals surface area contributed by atoms with Crippen LogP contribution in [0, 0.1) is 12.3 Å². The fourth-order valence-corrected chi connectivity index (χ4v) is 4.38. The van der Waals surface area contributed by atoms with Crippen molar-refractivity contribution < 1.29 is 14.3 Å². The predicted octanol–water partition coefficient (Wildman–Crippen LogP) is 6.71. The molecule has 0 bridgehead atoms. The van der Waals surface area contributed by atoms with Gasteiger partial charge < -0.3 is 9.47 Å². The van der Waals surface area contributed by atoms with Gasteiger partial charge in [0.15, 0.2) is 0 Å². The Bertz CT molecular complexity index is 998. The summed E-state index contributed by atoms with van der Waals surface area (Å²) in [6.45, 7) is 8.94. The summed E-state index contributed by atoms with van der Waals surface area (Å²) in [5.41, 5.74) is 2.71. The molecule has 1 aromatic carbocycles. The second-order valence-corrected chi connectivity index (χ2v) is 9.66. The third-order valence-corrected chi connectivity index (χ3v) is 6.40. The van der Waals surface area contributed by atoms with Crippen LogP contribution in [0.15, 0.2) is 48.8 Å². The molecule has 3 rings (SSSR count). The van der Waals surface area contributed by atoms with Gasteiger partial charge in [0.25, 0.3) is 0 Å². The van der Waals surface area contributed by atoms with Crippen molar-refractivity contribution in [2.75, 3.05) is 13.2 Å². The first-order chi connectivity index (χ1) is 15.4. The number of carbonyl (C=O) groups is 1. The van der Waals surface area contributed by atoms with Gasteiger partial charge in [-0.2, -0.15) is 0 Å². The highest BCUT2D eigenvalue weighted by Gasteiger charge is 2.28. The maximum Gasteiger partial charge on any atom is 0.311 e. The van der Waals surface area contributed by atoms with Gasteiger partial charge in [0.1, 0.15) is 10.8 Å². The van der Waals surface area contributed by atoms with E-state index in [1.807, 2.05) is 51.2 Å². The van der Waals surface area contributed by atoms with Gasteiger partial charge in [-0.3, -0.25) is 9.78 Å². The molecule has 5 nitrogen and oxygen atoms in total. The van der Waals surface area contributed by atoms with E-state index in [4.69, 9.17) is 14.5 Å². The van der Waals surface area contributed by atoms with E-state index in [1.165, 1.54) is 4.88 Å². The first kappa shape index (κ1) is 23.9. The molecule has 0 aliphatic heterocycles. The van der Waals surface area contributed by atoms with Crippen molar-refractivity contribution in [3.05, 3.63) is 53.7 Å². The van der Waals surface area contributed by atoms with Crippen LogP contribution in [0.2, 0.25) is 0 Å². The minimum Gasteiger partial charge on any atom is -0.494 e. The lowest BCUT2D eigenvalue weighted by Gasteiger charge is -2.21. The number of pyridine rings is 1. The smallest absolute Gasteiger partial charge is 0.311 e. The summed E-state index contributed by atoms with van der Waals surface area (Å²) in [6.07, 6.45) is 7.41. The molecule has 3 aromatic rings. The van der Waals surface area contributed by atoms with Crippen LogP contribution in [-0.4, -0.2) is 29.2 Å². The molecular weight excluding hydrogens is 420 g/mol. The number of rotatable bonds is 11. The molecule has 0 spiro atoms. The van der Waals surface area contributed by atoms with Crippen LogP contribution in [-0.2, 0) is 9.53 Å². The lowest BCUT2D eigenvalue weighted by molar-refractivity contribution is -0.153. The first-order valence-corrected chi connectivity index (χ1v) is 12.0. The van der Waals surface area contributed by atoms with Gasteiger partial charge in [-0.25, -0.2) is 4.98 Å². The molecule has 0 aliphatic carbocycles. The molecule has 2 aromatic heterocycles. The van der Waals surface area contributed by atoms with Crippen LogP contribution in [0.5, 0.6) is 5.75 Å². The molecule has 0 saturated carbocycles. The molecule has 0 unspecified atom stereocenters. The van der Waals surface area contributed by atoms with E-state index in [2.05, 4.69) is 24.0 Å². The zero-order chi connectivity index (χ0) is 23.0. The Morgan fingerprint density at radius 1 is 1.06 bits per heavy atom. The van der Waals surface area contributed by atoms with Crippen LogP contribution in [0.25, 0.3) is 21.8 Å². The molecule has 0 amide bonds. The molecule has 0 radical (unpaired) electrons. The van der Waals surface area contributed by atoms with E-state index in [-0.39, 0.29) is 5.97 Å². The molecule has 32 heavy (non-hydrogen) atoms. The molecule has 2 heterocycles. The molecule has 6 heteroatoms. The fourth-order valence-electron chi connectivity index (χ4n) is 3.45. The minimum atomic E-state index is -0.419. The van der Waals surface area contributed by atoms with Crippen LogP contribution in [0.4, 0.5) is 0 Å². The number of thiazole rings is 1. The Kier molecular flexibility index (Phi) is 8.39. The number of hydrogen-bond donors (Lipinski definition) is 0. The third-order valence-electron chi connectivity index (χ3n) is 5.38. The standard InChI is InChI=1S/C26H32N2O3S/c1-5-30-25(29)26(3,4)15-7-6-8-17-31-22-13-11-20(12-14-22)23-19(2)32-24(28-23)21-10-9-16-27-18-21/h9-14,16,18H,5-8,15,17H2,1-4H3. The van der Waals surface area contributed by atoms with Gasteiger partial charge in [-0.1, -0.05) is 12.8 Å². The van der Waals surface area contributed by atoms with Crippen molar-refractivity contribution in [1.29, 1.82) is 0 Å². The van der Waals surface area contributed by atoms with Crippen LogP contribution in [0.3, 0.4) is 0 Å². The Morgan fingerprint density at radius 3 is 2.53 bits per heavy atom. The predicted molar refractivity (Wildman–Crippen MR) is 130 cm³/mol. The molecule has 0 aliphatic rings. The van der Waals surface area contributed by atoms with Crippen molar-refractivity contribution in [3.63, 3.8) is 0 Å². The summed E-state index contributed by atoms with van der Waals surface area (Å²) in [5.74, 6) is 0.750. The maximum absolute atomic E-state index is 11.9. The van der Waals surface area contributed by atoms with Gasteiger partial charge in [-0.15, -0.1) is 11.3 Å². The Labute approximate surface area is 194 Å². The van der Waals surface area contributed by atoms with Gasteiger partial charge in [0.2, 0.25) is 0 Å². The number of aryl methyl sites for hydroxylation is 1. The Morgan fingerprint density at radius 2 is 1.84 bits per heavy atom. The summed E-state index contributed by atoms with van der Waals surface area (Å²) >= 11 is 1.68. The normalized spacial score (nSPS) is 11.4. The van der Waals surface area contributed by atoms with Gasteiger partial charge in [0, 0.05) is 28.4 Å². The molecule has 0 fully saturated rings. The molecule has 0 N–H and O–H groups in total. The van der Waals surface area contributed by atoms with Crippen LogP contribution < -0.4 is 4.74 Å². The average Bonchev–Trinajstić information content (AvgIpc) is 3.19.